The molecule has 0 radical (unpaired) electrons. The molecule has 0 saturated carbocycles. The number of amides is 1. The zero-order valence-electron chi connectivity index (χ0n) is 18.4. The highest BCUT2D eigenvalue weighted by Crippen LogP contribution is 2.26. The smallest absolute Gasteiger partial charge is 0.285 e. The molecule has 1 unspecified atom stereocenters. The third-order valence-corrected chi connectivity index (χ3v) is 6.78. The van der Waals surface area contributed by atoms with E-state index in [2.05, 4.69) is 15.0 Å². The first-order valence-electron chi connectivity index (χ1n) is 10.6. The Kier molecular flexibility index (Phi) is 6.46. The van der Waals surface area contributed by atoms with Crippen LogP contribution in [-0.4, -0.2) is 33.3 Å². The molecule has 4 rings (SSSR count). The van der Waals surface area contributed by atoms with Crippen LogP contribution in [0, 0.1) is 0 Å². The van der Waals surface area contributed by atoms with Crippen molar-refractivity contribution < 1.29 is 17.9 Å². The zero-order chi connectivity index (χ0) is 23.4. The van der Waals surface area contributed by atoms with Gasteiger partial charge in [0, 0.05) is 22.9 Å². The lowest BCUT2D eigenvalue weighted by Gasteiger charge is -2.14. The number of carbonyl (C=O) groups is 1. The van der Waals surface area contributed by atoms with Crippen molar-refractivity contribution in [3.63, 3.8) is 0 Å². The van der Waals surface area contributed by atoms with Crippen LogP contribution in [0.1, 0.15) is 34.8 Å². The number of rotatable bonds is 7. The largest absolute Gasteiger partial charge is 0.497 e. The van der Waals surface area contributed by atoms with E-state index in [1.807, 2.05) is 31.2 Å². The average Bonchev–Trinajstić information content (AvgIpc) is 3.08. The molecule has 0 spiro atoms. The van der Waals surface area contributed by atoms with E-state index >= 15 is 0 Å². The molecule has 8 heteroatoms. The van der Waals surface area contributed by atoms with Gasteiger partial charge in [0.05, 0.1) is 7.11 Å². The molecule has 3 aromatic carbocycles. The number of hydrogen-bond acceptors (Lipinski definition) is 5. The van der Waals surface area contributed by atoms with Gasteiger partial charge in [0.25, 0.3) is 15.9 Å². The van der Waals surface area contributed by atoms with Gasteiger partial charge in [0.15, 0.2) is 5.84 Å². The summed E-state index contributed by atoms with van der Waals surface area (Å²) in [6, 6.07) is 21.4. The lowest BCUT2D eigenvalue weighted by Crippen LogP contribution is -2.32. The molecule has 3 aromatic rings. The first-order valence-corrected chi connectivity index (χ1v) is 12.0. The molecule has 0 fully saturated rings. The van der Waals surface area contributed by atoms with Crippen molar-refractivity contribution in [1.82, 2.24) is 5.32 Å². The maximum absolute atomic E-state index is 12.6. The molecule has 33 heavy (non-hydrogen) atoms. The number of amidine groups is 1. The van der Waals surface area contributed by atoms with Crippen molar-refractivity contribution in [2.24, 2.45) is 4.40 Å². The van der Waals surface area contributed by atoms with Gasteiger partial charge in [0.1, 0.15) is 10.6 Å². The highest BCUT2D eigenvalue weighted by atomic mass is 32.2. The number of nitrogens with zero attached hydrogens (tertiary/aromatic N) is 1. The molecule has 7 nitrogen and oxygen atoms in total. The van der Waals surface area contributed by atoms with Gasteiger partial charge in [-0.05, 0) is 73.9 Å². The average molecular weight is 464 g/mol. The molecule has 1 atom stereocenters. The Balaban J connectivity index is 1.33. The number of methoxy groups -OCH3 is 1. The topological polar surface area (TPSA) is 96.9 Å². The summed E-state index contributed by atoms with van der Waals surface area (Å²) in [5.74, 6) is 0.939. The second-order valence-electron chi connectivity index (χ2n) is 7.87. The Bertz CT molecular complexity index is 1280. The molecule has 1 aliphatic heterocycles. The maximum Gasteiger partial charge on any atom is 0.285 e. The van der Waals surface area contributed by atoms with Crippen LogP contribution < -0.4 is 15.4 Å². The van der Waals surface area contributed by atoms with Crippen molar-refractivity contribution in [2.45, 2.75) is 30.7 Å². The van der Waals surface area contributed by atoms with Crippen LogP contribution in [0.2, 0.25) is 0 Å². The molecule has 0 aliphatic carbocycles. The van der Waals surface area contributed by atoms with E-state index in [1.165, 1.54) is 11.6 Å². The first kappa shape index (κ1) is 22.5. The Morgan fingerprint density at radius 2 is 1.70 bits per heavy atom. The summed E-state index contributed by atoms with van der Waals surface area (Å²) in [5.41, 5.74) is 2.89. The number of ether oxygens (including phenoxy) is 1. The summed E-state index contributed by atoms with van der Waals surface area (Å²) in [7, 11) is -2.04. The van der Waals surface area contributed by atoms with Crippen LogP contribution >= 0.6 is 0 Å². The summed E-state index contributed by atoms with van der Waals surface area (Å²) in [6.07, 6.45) is 1.66. The molecule has 0 saturated heterocycles. The van der Waals surface area contributed by atoms with Crippen molar-refractivity contribution in [3.05, 3.63) is 89.5 Å². The minimum atomic E-state index is -3.68. The Morgan fingerprint density at radius 3 is 2.39 bits per heavy atom. The van der Waals surface area contributed by atoms with Crippen LogP contribution in [0.25, 0.3) is 0 Å². The number of anilines is 1. The predicted molar refractivity (Wildman–Crippen MR) is 128 cm³/mol. The van der Waals surface area contributed by atoms with Gasteiger partial charge in [0.2, 0.25) is 0 Å². The minimum absolute atomic E-state index is 0.00644. The van der Waals surface area contributed by atoms with E-state index in [0.717, 1.165) is 18.6 Å². The van der Waals surface area contributed by atoms with Crippen molar-refractivity contribution in [1.29, 1.82) is 0 Å². The van der Waals surface area contributed by atoms with Crippen molar-refractivity contribution >= 4 is 27.5 Å². The minimum Gasteiger partial charge on any atom is -0.497 e. The van der Waals surface area contributed by atoms with E-state index in [9.17, 15) is 13.2 Å². The fraction of sp³-hybridized carbons (Fsp3) is 0.200. The monoisotopic (exact) mass is 463 g/mol. The fourth-order valence-corrected chi connectivity index (χ4v) is 4.77. The Labute approximate surface area is 193 Å². The third kappa shape index (κ3) is 5.23. The normalized spacial score (nSPS) is 14.7. The van der Waals surface area contributed by atoms with Crippen LogP contribution in [0.3, 0.4) is 0 Å². The van der Waals surface area contributed by atoms with E-state index in [1.54, 1.807) is 49.6 Å². The molecule has 1 aliphatic rings. The van der Waals surface area contributed by atoms with Crippen LogP contribution in [-0.2, 0) is 16.4 Å². The van der Waals surface area contributed by atoms with Gasteiger partial charge >= 0.3 is 0 Å². The quantitative estimate of drug-likeness (QED) is 0.552. The number of benzene rings is 3. The summed E-state index contributed by atoms with van der Waals surface area (Å²) in [6.45, 7) is 1.98. The van der Waals surface area contributed by atoms with E-state index in [4.69, 9.17) is 4.74 Å². The van der Waals surface area contributed by atoms with E-state index in [-0.39, 0.29) is 22.7 Å². The molecule has 170 valence electrons. The Hall–Kier alpha value is -3.65. The number of sulfonamides is 1. The van der Waals surface area contributed by atoms with E-state index in [0.29, 0.717) is 16.8 Å². The third-order valence-electron chi connectivity index (χ3n) is 5.44. The predicted octanol–water partition coefficient (Wildman–Crippen LogP) is 4.01. The maximum atomic E-state index is 12.6. The second kappa shape index (κ2) is 9.46. The van der Waals surface area contributed by atoms with E-state index < -0.39 is 10.0 Å². The van der Waals surface area contributed by atoms with Gasteiger partial charge in [-0.25, -0.2) is 0 Å². The lowest BCUT2D eigenvalue weighted by atomic mass is 10.1. The number of carbonyl (C=O) groups excluding carboxylic acids is 1. The lowest BCUT2D eigenvalue weighted by molar-refractivity contribution is 0.0938. The molecule has 1 amide bonds. The van der Waals surface area contributed by atoms with Gasteiger partial charge in [-0.2, -0.15) is 8.42 Å². The number of aryl methyl sites for hydroxylation is 1. The van der Waals surface area contributed by atoms with Crippen LogP contribution in [0.4, 0.5) is 5.69 Å². The molecular weight excluding hydrogens is 438 g/mol. The van der Waals surface area contributed by atoms with Gasteiger partial charge in [-0.15, -0.1) is 4.40 Å². The van der Waals surface area contributed by atoms with Gasteiger partial charge < -0.3 is 15.4 Å². The number of fused-ring (bicyclic) bond motifs is 1. The highest BCUT2D eigenvalue weighted by Gasteiger charge is 2.28. The molecule has 0 aromatic heterocycles. The summed E-state index contributed by atoms with van der Waals surface area (Å²) >= 11 is 0. The summed E-state index contributed by atoms with van der Waals surface area (Å²) < 4.78 is 33.4. The van der Waals surface area contributed by atoms with Crippen LogP contribution in [0.15, 0.2) is 82.1 Å². The molecular formula is C25H25N3O4S. The van der Waals surface area contributed by atoms with Gasteiger partial charge in [-0.3, -0.25) is 4.79 Å². The first-order chi connectivity index (χ1) is 15.9. The van der Waals surface area contributed by atoms with Gasteiger partial charge in [-0.1, -0.05) is 24.3 Å². The Morgan fingerprint density at radius 1 is 1.00 bits per heavy atom. The molecule has 1 heterocycles. The summed E-state index contributed by atoms with van der Waals surface area (Å²) in [5, 5.41) is 6.05. The molecule has 2 N–H and O–H groups in total. The fourth-order valence-electron chi connectivity index (χ4n) is 3.59. The SMILES string of the molecule is COc1ccc(CCC(C)NC(=O)c2ccc(NC3=NS(=O)(=O)c4ccccc43)cc2)cc1. The second-order valence-corrected chi connectivity index (χ2v) is 9.45. The number of nitrogens with one attached hydrogen (secondary N) is 2. The summed E-state index contributed by atoms with van der Waals surface area (Å²) in [4.78, 5) is 12.8. The standard InChI is InChI=1S/C25H25N3O4S/c1-17(7-8-18-9-15-21(32-2)16-10-18)26-25(29)19-11-13-20(14-12-19)27-24-22-5-3-4-6-23(22)33(30,31)28-24/h3-6,9-17H,7-8H2,1-2H3,(H,26,29)(H,27,28). The highest BCUT2D eigenvalue weighted by molar-refractivity contribution is 7.90. The number of hydrogen-bond donors (Lipinski definition) is 2. The zero-order valence-corrected chi connectivity index (χ0v) is 19.2. The molecule has 0 bridgehead atoms. The van der Waals surface area contributed by atoms with Crippen LogP contribution in [0.5, 0.6) is 5.75 Å². The van der Waals surface area contributed by atoms with Crippen molar-refractivity contribution in [2.75, 3.05) is 12.4 Å². The van der Waals surface area contributed by atoms with Crippen molar-refractivity contribution in [3.8, 4) is 5.75 Å².